The molecule has 0 aromatic heterocycles. The maximum absolute atomic E-state index is 13.4. The number of fused-ring (bicyclic) bond motifs is 2. The molecule has 0 fully saturated rings. The molecular weight excluding hydrogens is 440 g/mol. The van der Waals surface area contributed by atoms with Crippen LogP contribution in [0.5, 0.6) is 11.5 Å². The standard InChI is InChI=1S/C22H28N4O6.C2H6/c27-11-9-23-5-7-25-13-1-2-14(26-8-6-24-10-12-28)18-17(13)21(31)19-15(29)3-4-16(30)20(19)22(18)32;1-2/h1-4,23-30H,5-12H2;1-2H3. The Morgan fingerprint density at radius 2 is 0.971 bits per heavy atom. The van der Waals surface area contributed by atoms with E-state index in [1.165, 1.54) is 12.1 Å². The monoisotopic (exact) mass is 474 g/mol. The van der Waals surface area contributed by atoms with E-state index in [0.29, 0.717) is 50.6 Å². The van der Waals surface area contributed by atoms with Gasteiger partial charge in [-0.25, -0.2) is 0 Å². The Kier molecular flexibility index (Phi) is 10.8. The Morgan fingerprint density at radius 1 is 0.588 bits per heavy atom. The highest BCUT2D eigenvalue weighted by atomic mass is 16.3. The van der Waals surface area contributed by atoms with Crippen LogP contribution in [0.1, 0.15) is 45.7 Å². The Bertz CT molecular complexity index is 918. The summed E-state index contributed by atoms with van der Waals surface area (Å²) in [5, 5.41) is 50.6. The molecule has 2 aromatic carbocycles. The Labute approximate surface area is 199 Å². The van der Waals surface area contributed by atoms with Crippen LogP contribution in [0.4, 0.5) is 11.4 Å². The number of aliphatic hydroxyl groups is 2. The summed E-state index contributed by atoms with van der Waals surface area (Å²) in [7, 11) is 0. The van der Waals surface area contributed by atoms with Gasteiger partial charge in [0.15, 0.2) is 0 Å². The predicted molar refractivity (Wildman–Crippen MR) is 131 cm³/mol. The highest BCUT2D eigenvalue weighted by Gasteiger charge is 2.37. The van der Waals surface area contributed by atoms with Crippen molar-refractivity contribution >= 4 is 22.9 Å². The minimum atomic E-state index is -0.559. The van der Waals surface area contributed by atoms with Crippen molar-refractivity contribution in [2.75, 3.05) is 63.1 Å². The minimum Gasteiger partial charge on any atom is -0.507 e. The molecule has 1 aliphatic rings. The van der Waals surface area contributed by atoms with Gasteiger partial charge in [-0.1, -0.05) is 13.8 Å². The smallest absolute Gasteiger partial charge is 0.200 e. The fourth-order valence-corrected chi connectivity index (χ4v) is 3.64. The number of carbonyl (C=O) groups excluding carboxylic acids is 2. The van der Waals surface area contributed by atoms with Gasteiger partial charge in [-0.15, -0.1) is 0 Å². The van der Waals surface area contributed by atoms with E-state index in [2.05, 4.69) is 21.3 Å². The molecule has 0 unspecified atom stereocenters. The second-order valence-corrected chi connectivity index (χ2v) is 7.22. The molecule has 0 radical (unpaired) electrons. The molecule has 0 amide bonds. The summed E-state index contributed by atoms with van der Waals surface area (Å²) in [6, 6.07) is 5.74. The zero-order valence-electron chi connectivity index (χ0n) is 19.6. The zero-order valence-corrected chi connectivity index (χ0v) is 19.6. The van der Waals surface area contributed by atoms with Gasteiger partial charge in [0, 0.05) is 50.6 Å². The number of phenols is 2. The summed E-state index contributed by atoms with van der Waals surface area (Å²) < 4.78 is 0. The van der Waals surface area contributed by atoms with E-state index in [1.807, 2.05) is 13.8 Å². The molecule has 0 atom stereocenters. The van der Waals surface area contributed by atoms with Gasteiger partial charge in [0.1, 0.15) is 11.5 Å². The summed E-state index contributed by atoms with van der Waals surface area (Å²) in [6.07, 6.45) is 0. The maximum Gasteiger partial charge on any atom is 0.200 e. The first-order valence-corrected chi connectivity index (χ1v) is 11.4. The quantitative estimate of drug-likeness (QED) is 0.140. The van der Waals surface area contributed by atoms with Gasteiger partial charge in [-0.3, -0.25) is 9.59 Å². The summed E-state index contributed by atoms with van der Waals surface area (Å²) in [5.41, 5.74) is 0.678. The predicted octanol–water partition coefficient (Wildman–Crippen LogP) is 0.887. The first kappa shape index (κ1) is 27.1. The van der Waals surface area contributed by atoms with E-state index in [-0.39, 0.29) is 47.0 Å². The van der Waals surface area contributed by atoms with Gasteiger partial charge in [0.2, 0.25) is 11.6 Å². The average Bonchev–Trinajstić information content (AvgIpc) is 2.85. The number of rotatable bonds is 12. The normalized spacial score (nSPS) is 11.9. The molecule has 3 rings (SSSR count). The molecule has 0 saturated carbocycles. The van der Waals surface area contributed by atoms with E-state index < -0.39 is 11.6 Å². The molecule has 10 nitrogen and oxygen atoms in total. The number of aromatic hydroxyl groups is 2. The average molecular weight is 475 g/mol. The number of carbonyl (C=O) groups is 2. The van der Waals surface area contributed by atoms with Crippen LogP contribution >= 0.6 is 0 Å². The van der Waals surface area contributed by atoms with Gasteiger partial charge in [0.05, 0.1) is 35.5 Å². The van der Waals surface area contributed by atoms with Crippen LogP contribution in [-0.2, 0) is 0 Å². The summed E-state index contributed by atoms with van der Waals surface area (Å²) in [6.45, 7) is 6.81. The van der Waals surface area contributed by atoms with Gasteiger partial charge < -0.3 is 41.7 Å². The van der Waals surface area contributed by atoms with Gasteiger partial charge >= 0.3 is 0 Å². The lowest BCUT2D eigenvalue weighted by Gasteiger charge is -2.25. The molecule has 8 N–H and O–H groups in total. The lowest BCUT2D eigenvalue weighted by Crippen LogP contribution is -2.28. The second kappa shape index (κ2) is 13.5. The lowest BCUT2D eigenvalue weighted by atomic mass is 9.81. The van der Waals surface area contributed by atoms with Crippen LogP contribution in [0, 0.1) is 0 Å². The van der Waals surface area contributed by atoms with E-state index in [9.17, 15) is 19.8 Å². The number of nitrogens with one attached hydrogen (secondary N) is 4. The van der Waals surface area contributed by atoms with Crippen LogP contribution in [0.2, 0.25) is 0 Å². The number of phenolic OH excluding ortho intramolecular Hbond substituents is 2. The zero-order chi connectivity index (χ0) is 25.1. The second-order valence-electron chi connectivity index (χ2n) is 7.22. The van der Waals surface area contributed by atoms with Crippen LogP contribution in [0.25, 0.3) is 0 Å². The van der Waals surface area contributed by atoms with E-state index in [0.717, 1.165) is 0 Å². The van der Waals surface area contributed by atoms with Crippen LogP contribution < -0.4 is 21.3 Å². The molecule has 0 bridgehead atoms. The van der Waals surface area contributed by atoms with Crippen molar-refractivity contribution in [1.82, 2.24) is 10.6 Å². The first-order valence-electron chi connectivity index (χ1n) is 11.4. The largest absolute Gasteiger partial charge is 0.507 e. The Hall–Kier alpha value is -3.18. The summed E-state index contributed by atoms with van der Waals surface area (Å²) >= 11 is 0. The number of benzene rings is 2. The van der Waals surface area contributed by atoms with Crippen LogP contribution in [0.15, 0.2) is 24.3 Å². The molecule has 10 heteroatoms. The van der Waals surface area contributed by atoms with Crippen molar-refractivity contribution in [3.63, 3.8) is 0 Å². The molecule has 186 valence electrons. The molecule has 1 aliphatic carbocycles. The summed E-state index contributed by atoms with van der Waals surface area (Å²) in [5.74, 6) is -1.86. The van der Waals surface area contributed by atoms with Crippen LogP contribution in [-0.4, -0.2) is 84.5 Å². The van der Waals surface area contributed by atoms with Gasteiger partial charge in [-0.2, -0.15) is 0 Å². The number of hydrogen-bond acceptors (Lipinski definition) is 10. The molecule has 0 saturated heterocycles. The van der Waals surface area contributed by atoms with Crippen molar-refractivity contribution in [2.24, 2.45) is 0 Å². The fraction of sp³-hybridized carbons (Fsp3) is 0.417. The topological polar surface area (TPSA) is 163 Å². The van der Waals surface area contributed by atoms with E-state index in [1.54, 1.807) is 12.1 Å². The molecule has 34 heavy (non-hydrogen) atoms. The lowest BCUT2D eigenvalue weighted by molar-refractivity contribution is 0.0975. The van der Waals surface area contributed by atoms with Crippen molar-refractivity contribution < 1.29 is 30.0 Å². The first-order chi connectivity index (χ1) is 16.5. The molecule has 0 aliphatic heterocycles. The summed E-state index contributed by atoms with van der Waals surface area (Å²) in [4.78, 5) is 26.7. The highest BCUT2D eigenvalue weighted by molar-refractivity contribution is 6.33. The Balaban J connectivity index is 0.00000199. The fourth-order valence-electron chi connectivity index (χ4n) is 3.64. The van der Waals surface area contributed by atoms with E-state index in [4.69, 9.17) is 10.2 Å². The van der Waals surface area contributed by atoms with Crippen molar-refractivity contribution in [2.45, 2.75) is 13.8 Å². The highest BCUT2D eigenvalue weighted by Crippen LogP contribution is 2.42. The third-order valence-corrected chi connectivity index (χ3v) is 5.09. The number of ketones is 2. The van der Waals surface area contributed by atoms with Gasteiger partial charge in [-0.05, 0) is 24.3 Å². The molecular formula is C24H34N4O6. The Morgan fingerprint density at radius 3 is 1.32 bits per heavy atom. The molecule has 0 heterocycles. The number of anilines is 2. The molecule has 2 aromatic rings. The minimum absolute atomic E-state index is 0.00939. The van der Waals surface area contributed by atoms with E-state index >= 15 is 0 Å². The van der Waals surface area contributed by atoms with Crippen molar-refractivity contribution in [1.29, 1.82) is 0 Å². The van der Waals surface area contributed by atoms with Crippen LogP contribution in [0.3, 0.4) is 0 Å². The SMILES string of the molecule is CC.O=C1c2c(O)ccc(O)c2C(=O)c2c(NCCNCCO)ccc(NCCNCCO)c21. The van der Waals surface area contributed by atoms with Crippen molar-refractivity contribution in [3.8, 4) is 11.5 Å². The third kappa shape index (κ3) is 6.03. The third-order valence-electron chi connectivity index (χ3n) is 5.09. The maximum atomic E-state index is 13.4. The molecule has 0 spiro atoms. The van der Waals surface area contributed by atoms with Crippen molar-refractivity contribution in [3.05, 3.63) is 46.5 Å². The van der Waals surface area contributed by atoms with Gasteiger partial charge in [0.25, 0.3) is 0 Å². The number of aliphatic hydroxyl groups excluding tert-OH is 2. The number of hydrogen-bond donors (Lipinski definition) is 8.